The molecule has 1 fully saturated rings. The van der Waals surface area contributed by atoms with E-state index in [4.69, 9.17) is 11.2 Å². The number of carbonyl (C=O) groups excluding carboxylic acids is 1. The van der Waals surface area contributed by atoms with Gasteiger partial charge in [0.1, 0.15) is 6.04 Å². The topological polar surface area (TPSA) is 29.5 Å². The number of amides is 1. The van der Waals surface area contributed by atoms with Gasteiger partial charge in [-0.25, -0.2) is 0 Å². The van der Waals surface area contributed by atoms with Crippen LogP contribution in [-0.4, -0.2) is 23.0 Å². The van der Waals surface area contributed by atoms with E-state index in [0.29, 0.717) is 13.2 Å². The van der Waals surface area contributed by atoms with Crippen LogP contribution in [0.25, 0.3) is 0 Å². The lowest BCUT2D eigenvalue weighted by Crippen LogP contribution is -2.64. The normalized spacial score (nSPS) is 20.3. The predicted octanol–water partition coefficient (Wildman–Crippen LogP) is 2.62. The molecule has 0 aromatic heterocycles. The Kier molecular flexibility index (Phi) is 4.22. The van der Waals surface area contributed by atoms with Crippen molar-refractivity contribution in [1.82, 2.24) is 4.90 Å². The van der Waals surface area contributed by atoms with Gasteiger partial charge in [-0.3, -0.25) is 4.79 Å². The molecule has 1 saturated heterocycles. The van der Waals surface area contributed by atoms with Crippen molar-refractivity contribution in [1.29, 1.82) is 0 Å². The number of terminal acetylenes is 1. The van der Waals surface area contributed by atoms with Gasteiger partial charge in [-0.15, -0.1) is 6.42 Å². The molecule has 1 heterocycles. The van der Waals surface area contributed by atoms with Gasteiger partial charge in [0.15, 0.2) is 6.10 Å². The van der Waals surface area contributed by atoms with E-state index in [1.54, 1.807) is 4.90 Å². The zero-order valence-corrected chi connectivity index (χ0v) is 12.2. The van der Waals surface area contributed by atoms with E-state index in [1.807, 2.05) is 60.7 Å². The maximum atomic E-state index is 12.3. The Labute approximate surface area is 130 Å². The summed E-state index contributed by atoms with van der Waals surface area (Å²) < 4.78 is 5.71. The summed E-state index contributed by atoms with van der Waals surface area (Å²) in [5.41, 5.74) is 2.10. The highest BCUT2D eigenvalue weighted by Gasteiger charge is 2.47. The Hall–Kier alpha value is -2.57. The summed E-state index contributed by atoms with van der Waals surface area (Å²) in [4.78, 5) is 13.9. The molecule has 22 heavy (non-hydrogen) atoms. The molecule has 0 radical (unpaired) electrons. The summed E-state index contributed by atoms with van der Waals surface area (Å²) in [5.74, 6) is 2.63. The number of hydrogen-bond acceptors (Lipinski definition) is 2. The number of carbonyl (C=O) groups is 1. The van der Waals surface area contributed by atoms with Crippen LogP contribution in [0.4, 0.5) is 0 Å². The molecule has 3 nitrogen and oxygen atoms in total. The van der Waals surface area contributed by atoms with E-state index in [1.165, 1.54) is 0 Å². The van der Waals surface area contributed by atoms with Crippen LogP contribution in [0.5, 0.6) is 0 Å². The van der Waals surface area contributed by atoms with Crippen LogP contribution in [0.15, 0.2) is 60.7 Å². The lowest BCUT2D eigenvalue weighted by molar-refractivity contribution is -0.171. The number of benzene rings is 2. The zero-order chi connectivity index (χ0) is 15.4. The first-order valence-electron chi connectivity index (χ1n) is 7.25. The highest BCUT2D eigenvalue weighted by molar-refractivity contribution is 5.89. The third-order valence-electron chi connectivity index (χ3n) is 3.79. The molecule has 1 amide bonds. The average molecular weight is 291 g/mol. The Morgan fingerprint density at radius 3 is 2.18 bits per heavy atom. The molecule has 110 valence electrons. The van der Waals surface area contributed by atoms with Gasteiger partial charge in [-0.1, -0.05) is 66.6 Å². The summed E-state index contributed by atoms with van der Waals surface area (Å²) in [7, 11) is 0. The maximum absolute atomic E-state index is 12.3. The molecule has 0 N–H and O–H groups in total. The van der Waals surface area contributed by atoms with Crippen LogP contribution < -0.4 is 0 Å². The van der Waals surface area contributed by atoms with Crippen molar-refractivity contribution in [2.75, 3.05) is 0 Å². The summed E-state index contributed by atoms with van der Waals surface area (Å²) in [6.45, 7) is 0.925. The summed E-state index contributed by atoms with van der Waals surface area (Å²) in [5, 5.41) is 0. The van der Waals surface area contributed by atoms with Crippen molar-refractivity contribution >= 4 is 5.91 Å². The molecule has 2 aromatic carbocycles. The van der Waals surface area contributed by atoms with Gasteiger partial charge in [0.05, 0.1) is 6.61 Å². The number of rotatable bonds is 5. The van der Waals surface area contributed by atoms with Gasteiger partial charge in [0, 0.05) is 6.54 Å². The number of likely N-dealkylation sites (tertiary alicyclic amines) is 1. The molecular formula is C19H17NO2. The summed E-state index contributed by atoms with van der Waals surface area (Å²) in [6.07, 6.45) is 5.04. The molecule has 1 aliphatic rings. The van der Waals surface area contributed by atoms with E-state index in [0.717, 1.165) is 11.1 Å². The second-order valence-electron chi connectivity index (χ2n) is 5.28. The number of ether oxygens (including phenoxy) is 1. The van der Waals surface area contributed by atoms with Crippen molar-refractivity contribution in [3.05, 3.63) is 71.8 Å². The van der Waals surface area contributed by atoms with Crippen LogP contribution in [0.2, 0.25) is 0 Å². The Morgan fingerprint density at radius 1 is 1.00 bits per heavy atom. The van der Waals surface area contributed by atoms with Gasteiger partial charge in [0.2, 0.25) is 0 Å². The van der Waals surface area contributed by atoms with Crippen molar-refractivity contribution in [3.8, 4) is 12.3 Å². The second-order valence-corrected chi connectivity index (χ2v) is 5.28. The monoisotopic (exact) mass is 291 g/mol. The Morgan fingerprint density at radius 2 is 1.59 bits per heavy atom. The molecule has 0 bridgehead atoms. The van der Waals surface area contributed by atoms with Crippen molar-refractivity contribution in [2.45, 2.75) is 25.3 Å². The van der Waals surface area contributed by atoms with Gasteiger partial charge < -0.3 is 9.64 Å². The fourth-order valence-corrected chi connectivity index (χ4v) is 2.57. The minimum Gasteiger partial charge on any atom is -0.360 e. The first-order chi connectivity index (χ1) is 10.8. The molecule has 0 aliphatic carbocycles. The molecular weight excluding hydrogens is 274 g/mol. The average Bonchev–Trinajstić information content (AvgIpc) is 2.58. The standard InChI is InChI=1S/C19H17NO2/c1-2-17-18(22-14-16-11-7-4-8-12-16)19(21)20(17)13-15-9-5-3-6-10-15/h1,3-12,17-18H,13-14H2/t17-,18+/m0/s1. The minimum absolute atomic E-state index is 0.0391. The van der Waals surface area contributed by atoms with Crippen molar-refractivity contribution in [3.63, 3.8) is 0 Å². The predicted molar refractivity (Wildman–Crippen MR) is 84.6 cm³/mol. The second kappa shape index (κ2) is 6.46. The van der Waals surface area contributed by atoms with Gasteiger partial charge in [-0.2, -0.15) is 0 Å². The quantitative estimate of drug-likeness (QED) is 0.626. The van der Waals surface area contributed by atoms with E-state index < -0.39 is 6.10 Å². The first-order valence-corrected chi connectivity index (χ1v) is 7.25. The maximum Gasteiger partial charge on any atom is 0.256 e. The summed E-state index contributed by atoms with van der Waals surface area (Å²) in [6, 6.07) is 19.3. The smallest absolute Gasteiger partial charge is 0.256 e. The Balaban J connectivity index is 1.61. The van der Waals surface area contributed by atoms with Crippen LogP contribution in [0.1, 0.15) is 11.1 Å². The van der Waals surface area contributed by atoms with Crippen LogP contribution in [-0.2, 0) is 22.7 Å². The summed E-state index contributed by atoms with van der Waals surface area (Å²) >= 11 is 0. The lowest BCUT2D eigenvalue weighted by atomic mass is 9.97. The van der Waals surface area contributed by atoms with E-state index >= 15 is 0 Å². The van der Waals surface area contributed by atoms with Crippen LogP contribution in [0, 0.1) is 12.3 Å². The van der Waals surface area contributed by atoms with Gasteiger partial charge in [-0.05, 0) is 11.1 Å². The number of β-lactam (4-membered cyclic amide) rings is 1. The largest absolute Gasteiger partial charge is 0.360 e. The SMILES string of the molecule is C#C[C@H]1[C@@H](OCc2ccccc2)C(=O)N1Cc1ccccc1. The zero-order valence-electron chi connectivity index (χ0n) is 12.2. The van der Waals surface area contributed by atoms with Crippen molar-refractivity contribution in [2.24, 2.45) is 0 Å². The first kappa shape index (κ1) is 14.4. The van der Waals surface area contributed by atoms with E-state index in [9.17, 15) is 4.79 Å². The minimum atomic E-state index is -0.533. The van der Waals surface area contributed by atoms with Crippen molar-refractivity contribution < 1.29 is 9.53 Å². The molecule has 2 aromatic rings. The molecule has 0 unspecified atom stereocenters. The molecule has 3 heteroatoms. The third kappa shape index (κ3) is 2.88. The molecule has 1 aliphatic heterocycles. The molecule has 0 saturated carbocycles. The molecule has 2 atom stereocenters. The number of hydrogen-bond donors (Lipinski definition) is 0. The molecule has 0 spiro atoms. The van der Waals surface area contributed by atoms with Crippen LogP contribution >= 0.6 is 0 Å². The van der Waals surface area contributed by atoms with Crippen LogP contribution in [0.3, 0.4) is 0 Å². The third-order valence-corrected chi connectivity index (χ3v) is 3.79. The number of nitrogens with zero attached hydrogens (tertiary/aromatic N) is 1. The van der Waals surface area contributed by atoms with E-state index in [-0.39, 0.29) is 11.9 Å². The Bertz CT molecular complexity index is 676. The van der Waals surface area contributed by atoms with Gasteiger partial charge in [0.25, 0.3) is 5.91 Å². The molecule has 3 rings (SSSR count). The fraction of sp³-hybridized carbons (Fsp3) is 0.211. The fourth-order valence-electron chi connectivity index (χ4n) is 2.57. The highest BCUT2D eigenvalue weighted by atomic mass is 16.5. The van der Waals surface area contributed by atoms with Gasteiger partial charge >= 0.3 is 0 Å². The van der Waals surface area contributed by atoms with E-state index in [2.05, 4.69) is 5.92 Å². The lowest BCUT2D eigenvalue weighted by Gasteiger charge is -2.43. The highest BCUT2D eigenvalue weighted by Crippen LogP contribution is 2.26.